The van der Waals surface area contributed by atoms with Crippen LogP contribution in [0.2, 0.25) is 0 Å². The molecule has 0 unspecified atom stereocenters. The third-order valence-electron chi connectivity index (χ3n) is 1.88. The van der Waals surface area contributed by atoms with Crippen molar-refractivity contribution in [3.05, 3.63) is 34.9 Å². The predicted molar refractivity (Wildman–Crippen MR) is 40.3 cm³/mol. The van der Waals surface area contributed by atoms with E-state index in [-0.39, 0.29) is 0 Å². The molecule has 1 aliphatic rings. The minimum absolute atomic E-state index is 0.650. The lowest BCUT2D eigenvalue weighted by atomic mass is 10.1. The van der Waals surface area contributed by atoms with Crippen LogP contribution < -0.4 is 0 Å². The molecule has 1 aliphatic heterocycles. The summed E-state index contributed by atoms with van der Waals surface area (Å²) in [6.07, 6.45) is 0.860. The molecular formula is C9H8O2. The number of hydrogen-bond donors (Lipinski definition) is 0. The first-order valence-corrected chi connectivity index (χ1v) is 3.55. The summed E-state index contributed by atoms with van der Waals surface area (Å²) in [7, 11) is 0. The monoisotopic (exact) mass is 148 g/mol. The third kappa shape index (κ3) is 1.05. The largest absolute Gasteiger partial charge is 0.372 e. The molecule has 0 bridgehead atoms. The molecule has 0 aromatic heterocycles. The molecule has 0 N–H and O–H groups in total. The van der Waals surface area contributed by atoms with Crippen LogP contribution in [0.4, 0.5) is 0 Å². The molecule has 1 heterocycles. The molecule has 0 saturated carbocycles. The second-order valence-electron chi connectivity index (χ2n) is 2.64. The molecule has 11 heavy (non-hydrogen) atoms. The molecule has 2 nitrogen and oxygen atoms in total. The lowest BCUT2D eigenvalue weighted by Crippen LogP contribution is -1.85. The molecule has 0 aliphatic carbocycles. The Hall–Kier alpha value is -1.15. The van der Waals surface area contributed by atoms with Gasteiger partial charge in [0.05, 0.1) is 13.2 Å². The van der Waals surface area contributed by atoms with Gasteiger partial charge in [0.25, 0.3) is 0 Å². The van der Waals surface area contributed by atoms with E-state index in [2.05, 4.69) is 0 Å². The molecule has 56 valence electrons. The van der Waals surface area contributed by atoms with E-state index in [0.717, 1.165) is 17.4 Å². The van der Waals surface area contributed by atoms with Gasteiger partial charge in [0, 0.05) is 5.56 Å². The Labute approximate surface area is 64.8 Å². The highest BCUT2D eigenvalue weighted by molar-refractivity contribution is 5.75. The predicted octanol–water partition coefficient (Wildman–Crippen LogP) is 1.53. The lowest BCUT2D eigenvalue weighted by Gasteiger charge is -1.95. The summed E-state index contributed by atoms with van der Waals surface area (Å²) >= 11 is 0. The van der Waals surface area contributed by atoms with Crippen LogP contribution in [-0.4, -0.2) is 6.29 Å². The molecule has 2 heteroatoms. The number of carbonyl (C=O) groups excluding carboxylic acids is 1. The van der Waals surface area contributed by atoms with Gasteiger partial charge in [0.1, 0.15) is 6.29 Å². The number of benzene rings is 1. The highest BCUT2D eigenvalue weighted by Crippen LogP contribution is 2.19. The molecule has 0 saturated heterocycles. The van der Waals surface area contributed by atoms with Gasteiger partial charge in [0.15, 0.2) is 0 Å². The summed E-state index contributed by atoms with van der Waals surface area (Å²) in [5.41, 5.74) is 3.08. The van der Waals surface area contributed by atoms with E-state index in [9.17, 15) is 4.79 Å². The molecule has 0 radical (unpaired) electrons. The van der Waals surface area contributed by atoms with E-state index in [1.165, 1.54) is 5.56 Å². The maximum absolute atomic E-state index is 10.4. The first kappa shape index (κ1) is 6.55. The van der Waals surface area contributed by atoms with E-state index >= 15 is 0 Å². The van der Waals surface area contributed by atoms with Crippen LogP contribution in [-0.2, 0) is 18.0 Å². The van der Waals surface area contributed by atoms with Gasteiger partial charge < -0.3 is 4.74 Å². The van der Waals surface area contributed by atoms with E-state index < -0.39 is 0 Å². The van der Waals surface area contributed by atoms with E-state index in [1.807, 2.05) is 18.2 Å². The maximum Gasteiger partial charge on any atom is 0.150 e. The maximum atomic E-state index is 10.4. The number of aldehydes is 1. The summed E-state index contributed by atoms with van der Waals surface area (Å²) in [6.45, 7) is 1.34. The van der Waals surface area contributed by atoms with Crippen LogP contribution >= 0.6 is 0 Å². The molecule has 2 rings (SSSR count). The van der Waals surface area contributed by atoms with Crippen molar-refractivity contribution >= 4 is 6.29 Å². The van der Waals surface area contributed by atoms with Crippen molar-refractivity contribution in [3.63, 3.8) is 0 Å². The first-order valence-electron chi connectivity index (χ1n) is 3.55. The topological polar surface area (TPSA) is 26.3 Å². The second kappa shape index (κ2) is 2.47. The summed E-state index contributed by atoms with van der Waals surface area (Å²) in [6, 6.07) is 5.65. The van der Waals surface area contributed by atoms with Gasteiger partial charge in [-0.3, -0.25) is 4.79 Å². The smallest absolute Gasteiger partial charge is 0.150 e. The quantitative estimate of drug-likeness (QED) is 0.564. The summed E-state index contributed by atoms with van der Waals surface area (Å²) in [5, 5.41) is 0. The zero-order valence-corrected chi connectivity index (χ0v) is 6.04. The molecule has 0 amide bonds. The third-order valence-corrected chi connectivity index (χ3v) is 1.88. The number of rotatable bonds is 1. The van der Waals surface area contributed by atoms with Gasteiger partial charge in [-0.15, -0.1) is 0 Å². The summed E-state index contributed by atoms with van der Waals surface area (Å²) in [5.74, 6) is 0. The number of fused-ring (bicyclic) bond motifs is 1. The van der Waals surface area contributed by atoms with Gasteiger partial charge in [-0.05, 0) is 17.2 Å². The van der Waals surface area contributed by atoms with E-state index in [0.29, 0.717) is 13.2 Å². The van der Waals surface area contributed by atoms with Gasteiger partial charge in [-0.25, -0.2) is 0 Å². The van der Waals surface area contributed by atoms with Crippen LogP contribution in [0, 0.1) is 0 Å². The number of ether oxygens (including phenoxy) is 1. The molecule has 0 atom stereocenters. The Morgan fingerprint density at radius 1 is 1.27 bits per heavy atom. The van der Waals surface area contributed by atoms with Crippen LogP contribution in [0.1, 0.15) is 21.5 Å². The SMILES string of the molecule is O=Cc1ccc2c(c1)COC2. The first-order chi connectivity index (χ1) is 5.40. The average Bonchev–Trinajstić information content (AvgIpc) is 2.50. The van der Waals surface area contributed by atoms with Gasteiger partial charge in [-0.1, -0.05) is 12.1 Å². The van der Waals surface area contributed by atoms with Crippen LogP contribution in [0.15, 0.2) is 18.2 Å². The number of carbonyl (C=O) groups is 1. The normalized spacial score (nSPS) is 14.5. The fourth-order valence-electron chi connectivity index (χ4n) is 1.27. The Balaban J connectivity index is 2.48. The number of hydrogen-bond acceptors (Lipinski definition) is 2. The van der Waals surface area contributed by atoms with Crippen molar-refractivity contribution < 1.29 is 9.53 Å². The van der Waals surface area contributed by atoms with E-state index in [1.54, 1.807) is 0 Å². The Kier molecular flexibility index (Phi) is 1.47. The minimum atomic E-state index is 0.650. The second-order valence-corrected chi connectivity index (χ2v) is 2.64. The van der Waals surface area contributed by atoms with Gasteiger partial charge in [-0.2, -0.15) is 0 Å². The fourth-order valence-corrected chi connectivity index (χ4v) is 1.27. The van der Waals surface area contributed by atoms with Crippen molar-refractivity contribution in [1.29, 1.82) is 0 Å². The van der Waals surface area contributed by atoms with Gasteiger partial charge >= 0.3 is 0 Å². The molecule has 0 spiro atoms. The highest BCUT2D eigenvalue weighted by Gasteiger charge is 2.10. The van der Waals surface area contributed by atoms with E-state index in [4.69, 9.17) is 4.74 Å². The summed E-state index contributed by atoms with van der Waals surface area (Å²) in [4.78, 5) is 10.4. The Morgan fingerprint density at radius 3 is 2.91 bits per heavy atom. The highest BCUT2D eigenvalue weighted by atomic mass is 16.5. The van der Waals surface area contributed by atoms with Crippen LogP contribution in [0.3, 0.4) is 0 Å². The molecule has 0 fully saturated rings. The molecular weight excluding hydrogens is 140 g/mol. The average molecular weight is 148 g/mol. The lowest BCUT2D eigenvalue weighted by molar-refractivity contribution is 0.112. The zero-order chi connectivity index (χ0) is 7.68. The molecule has 1 aromatic carbocycles. The fraction of sp³-hybridized carbons (Fsp3) is 0.222. The zero-order valence-electron chi connectivity index (χ0n) is 6.04. The van der Waals surface area contributed by atoms with Crippen molar-refractivity contribution in [1.82, 2.24) is 0 Å². The minimum Gasteiger partial charge on any atom is -0.372 e. The Bertz CT molecular complexity index is 292. The van der Waals surface area contributed by atoms with Crippen LogP contribution in [0.25, 0.3) is 0 Å². The van der Waals surface area contributed by atoms with Gasteiger partial charge in [0.2, 0.25) is 0 Å². The molecule has 1 aromatic rings. The van der Waals surface area contributed by atoms with Crippen molar-refractivity contribution in [2.24, 2.45) is 0 Å². The Morgan fingerprint density at radius 2 is 2.09 bits per heavy atom. The summed E-state index contributed by atoms with van der Waals surface area (Å²) < 4.78 is 5.20. The van der Waals surface area contributed by atoms with Crippen LogP contribution in [0.5, 0.6) is 0 Å². The van der Waals surface area contributed by atoms with Crippen molar-refractivity contribution in [2.75, 3.05) is 0 Å². The van der Waals surface area contributed by atoms with Crippen molar-refractivity contribution in [3.8, 4) is 0 Å². The standard InChI is InChI=1S/C9H8O2/c10-4-7-1-2-8-5-11-6-9(8)3-7/h1-4H,5-6H2. The van der Waals surface area contributed by atoms with Crippen molar-refractivity contribution in [2.45, 2.75) is 13.2 Å².